The lowest BCUT2D eigenvalue weighted by Crippen LogP contribution is -2.24. The van der Waals surface area contributed by atoms with Crippen molar-refractivity contribution in [3.05, 3.63) is 82.2 Å². The van der Waals surface area contributed by atoms with Crippen molar-refractivity contribution in [2.75, 3.05) is 25.2 Å². The highest BCUT2D eigenvalue weighted by Gasteiger charge is 2.18. The molecule has 1 fully saturated rings. The van der Waals surface area contributed by atoms with Crippen LogP contribution in [0.2, 0.25) is 0 Å². The molecule has 1 aliphatic rings. The normalized spacial score (nSPS) is 13.8. The molecule has 0 spiro atoms. The summed E-state index contributed by atoms with van der Waals surface area (Å²) in [5.74, 6) is 2.30. The van der Waals surface area contributed by atoms with Gasteiger partial charge in [-0.05, 0) is 62.2 Å². The molecule has 36 heavy (non-hydrogen) atoms. The number of thioether (sulfide) groups is 2. The highest BCUT2D eigenvalue weighted by Crippen LogP contribution is 2.45. The molecule has 0 bridgehead atoms. The lowest BCUT2D eigenvalue weighted by Gasteiger charge is -2.15. The van der Waals surface area contributed by atoms with Crippen LogP contribution in [0, 0.1) is 20.8 Å². The van der Waals surface area contributed by atoms with Crippen molar-refractivity contribution < 1.29 is 19.1 Å². The van der Waals surface area contributed by atoms with E-state index in [0.29, 0.717) is 15.9 Å². The fourth-order valence-corrected chi connectivity index (χ4v) is 6.97. The Hall–Kier alpha value is -3.17. The molecule has 7 nitrogen and oxygen atoms in total. The summed E-state index contributed by atoms with van der Waals surface area (Å²) in [5, 5.41) is 4.11. The van der Waals surface area contributed by atoms with E-state index in [1.807, 2.05) is 74.6 Å². The Morgan fingerprint density at radius 1 is 1.11 bits per heavy atom. The number of esters is 1. The quantitative estimate of drug-likeness (QED) is 0.248. The van der Waals surface area contributed by atoms with E-state index in [-0.39, 0.29) is 18.5 Å². The molecule has 0 saturated carbocycles. The van der Waals surface area contributed by atoms with Crippen LogP contribution in [-0.2, 0) is 9.53 Å². The maximum atomic E-state index is 12.2. The van der Waals surface area contributed by atoms with Crippen molar-refractivity contribution in [3.63, 3.8) is 0 Å². The fraction of sp³-hybridized carbons (Fsp3) is 0.296. The summed E-state index contributed by atoms with van der Waals surface area (Å²) in [5.41, 5.74) is 8.81. The molecule has 1 amide bonds. The van der Waals surface area contributed by atoms with Gasteiger partial charge in [0.05, 0.1) is 23.5 Å². The number of carbonyl (C=O) groups is 2. The molecule has 0 aliphatic carbocycles. The van der Waals surface area contributed by atoms with Crippen molar-refractivity contribution in [1.29, 1.82) is 0 Å². The summed E-state index contributed by atoms with van der Waals surface area (Å²) >= 11 is 3.91. The predicted octanol–water partition coefficient (Wildman–Crippen LogP) is 5.20. The molecule has 2 heterocycles. The summed E-state index contributed by atoms with van der Waals surface area (Å²) in [6.07, 6.45) is 1.61. The Balaban J connectivity index is 1.37. The molecule has 9 heteroatoms. The summed E-state index contributed by atoms with van der Waals surface area (Å²) in [6.45, 7) is 5.73. The van der Waals surface area contributed by atoms with Gasteiger partial charge in [-0.2, -0.15) is 5.10 Å². The minimum Gasteiger partial charge on any atom is -0.484 e. The lowest BCUT2D eigenvalue weighted by atomic mass is 10.1. The van der Waals surface area contributed by atoms with E-state index in [0.717, 1.165) is 28.2 Å². The number of ether oxygens (including phenoxy) is 2. The van der Waals surface area contributed by atoms with Gasteiger partial charge in [-0.3, -0.25) is 4.79 Å². The summed E-state index contributed by atoms with van der Waals surface area (Å²) in [6, 6.07) is 15.4. The van der Waals surface area contributed by atoms with Crippen molar-refractivity contribution in [2.24, 2.45) is 5.10 Å². The van der Waals surface area contributed by atoms with Crippen LogP contribution >= 0.6 is 23.5 Å². The van der Waals surface area contributed by atoms with Gasteiger partial charge in [0.2, 0.25) is 0 Å². The second-order valence-electron chi connectivity index (χ2n) is 8.33. The van der Waals surface area contributed by atoms with Gasteiger partial charge in [-0.1, -0.05) is 18.2 Å². The van der Waals surface area contributed by atoms with Gasteiger partial charge in [0.15, 0.2) is 6.61 Å². The Morgan fingerprint density at radius 3 is 2.53 bits per heavy atom. The van der Waals surface area contributed by atoms with Gasteiger partial charge in [-0.15, -0.1) is 23.5 Å². The topological polar surface area (TPSA) is 81.9 Å². The molecule has 1 aromatic heterocycles. The standard InChI is InChI=1S/C27H29N3O4S2/c1-17-14-21(19(3)30(17)24-7-5-6-23(18(24)2)26(32)33-4)15-28-29-25(31)16-34-22-10-8-20(9-11-22)27-35-12-13-36-27/h5-11,14-15,27H,12-13,16H2,1-4H3,(H,29,31)/b28-15-. The number of hydrogen-bond acceptors (Lipinski definition) is 7. The molecule has 0 atom stereocenters. The minimum absolute atomic E-state index is 0.123. The number of aryl methyl sites for hydroxylation is 1. The molecule has 1 N–H and O–H groups in total. The molecule has 188 valence electrons. The second kappa shape index (κ2) is 11.7. The van der Waals surface area contributed by atoms with Crippen LogP contribution in [-0.4, -0.2) is 47.9 Å². The third-order valence-corrected chi connectivity index (χ3v) is 9.06. The zero-order valence-electron chi connectivity index (χ0n) is 20.7. The summed E-state index contributed by atoms with van der Waals surface area (Å²) in [7, 11) is 1.37. The first kappa shape index (κ1) is 25.9. The minimum atomic E-state index is -0.369. The Bertz CT molecular complexity index is 1280. The largest absolute Gasteiger partial charge is 0.484 e. The van der Waals surface area contributed by atoms with E-state index in [2.05, 4.69) is 27.2 Å². The molecule has 0 radical (unpaired) electrons. The molecule has 0 unspecified atom stereocenters. The number of hydrogen-bond donors (Lipinski definition) is 1. The van der Waals surface area contributed by atoms with Crippen LogP contribution < -0.4 is 10.2 Å². The summed E-state index contributed by atoms with van der Waals surface area (Å²) in [4.78, 5) is 24.3. The summed E-state index contributed by atoms with van der Waals surface area (Å²) < 4.78 is 13.0. The van der Waals surface area contributed by atoms with E-state index < -0.39 is 0 Å². The Labute approximate surface area is 219 Å². The maximum absolute atomic E-state index is 12.2. The molecule has 4 rings (SSSR count). The first-order chi connectivity index (χ1) is 17.4. The number of carbonyl (C=O) groups excluding carboxylic acids is 2. The van der Waals surface area contributed by atoms with Gasteiger partial charge in [0, 0.05) is 34.1 Å². The van der Waals surface area contributed by atoms with Crippen LogP contribution in [0.25, 0.3) is 5.69 Å². The average Bonchev–Trinajstić information content (AvgIpc) is 3.51. The maximum Gasteiger partial charge on any atom is 0.338 e. The van der Waals surface area contributed by atoms with E-state index in [9.17, 15) is 9.59 Å². The zero-order chi connectivity index (χ0) is 25.7. The van der Waals surface area contributed by atoms with Crippen molar-refractivity contribution in [2.45, 2.75) is 25.4 Å². The monoisotopic (exact) mass is 523 g/mol. The number of rotatable bonds is 8. The van der Waals surface area contributed by atoms with Gasteiger partial charge in [0.1, 0.15) is 5.75 Å². The van der Waals surface area contributed by atoms with Crippen LogP contribution in [0.4, 0.5) is 0 Å². The first-order valence-corrected chi connectivity index (χ1v) is 13.6. The Kier molecular flexibility index (Phi) is 8.43. The zero-order valence-corrected chi connectivity index (χ0v) is 22.4. The van der Waals surface area contributed by atoms with Crippen LogP contribution in [0.15, 0.2) is 53.6 Å². The van der Waals surface area contributed by atoms with Gasteiger partial charge in [-0.25, -0.2) is 10.2 Å². The van der Waals surface area contributed by atoms with Crippen LogP contribution in [0.3, 0.4) is 0 Å². The number of nitrogens with one attached hydrogen (secondary N) is 1. The third-order valence-electron chi connectivity index (χ3n) is 5.96. The number of amides is 1. The molecule has 1 aliphatic heterocycles. The van der Waals surface area contributed by atoms with Crippen molar-refractivity contribution in [1.82, 2.24) is 9.99 Å². The fourth-order valence-electron chi connectivity index (χ4n) is 4.11. The van der Waals surface area contributed by atoms with E-state index in [1.165, 1.54) is 24.2 Å². The highest BCUT2D eigenvalue weighted by atomic mass is 32.2. The van der Waals surface area contributed by atoms with E-state index >= 15 is 0 Å². The SMILES string of the molecule is COC(=O)c1cccc(-n2c(C)cc(/C=N\NC(=O)COc3ccc(C4SCCS4)cc3)c2C)c1C. The molecule has 3 aromatic rings. The van der Waals surface area contributed by atoms with Gasteiger partial charge in [0.25, 0.3) is 5.91 Å². The molecule has 1 saturated heterocycles. The van der Waals surface area contributed by atoms with Gasteiger partial charge < -0.3 is 14.0 Å². The van der Waals surface area contributed by atoms with Crippen molar-refractivity contribution >= 4 is 41.6 Å². The number of methoxy groups -OCH3 is 1. The molecule has 2 aromatic carbocycles. The van der Waals surface area contributed by atoms with Gasteiger partial charge >= 0.3 is 5.97 Å². The van der Waals surface area contributed by atoms with Crippen LogP contribution in [0.5, 0.6) is 5.75 Å². The predicted molar refractivity (Wildman–Crippen MR) is 147 cm³/mol. The molecular weight excluding hydrogens is 494 g/mol. The Morgan fingerprint density at radius 2 is 1.83 bits per heavy atom. The first-order valence-electron chi connectivity index (χ1n) is 11.5. The van der Waals surface area contributed by atoms with E-state index in [4.69, 9.17) is 9.47 Å². The number of aromatic nitrogens is 1. The van der Waals surface area contributed by atoms with Crippen LogP contribution in [0.1, 0.15) is 43.0 Å². The molecular formula is C27H29N3O4S2. The number of hydrazone groups is 1. The van der Waals surface area contributed by atoms with Crippen molar-refractivity contribution in [3.8, 4) is 11.4 Å². The van der Waals surface area contributed by atoms with E-state index in [1.54, 1.807) is 12.3 Å². The number of benzene rings is 2. The highest BCUT2D eigenvalue weighted by molar-refractivity contribution is 8.19. The third kappa shape index (κ3) is 5.79. The smallest absolute Gasteiger partial charge is 0.338 e. The lowest BCUT2D eigenvalue weighted by molar-refractivity contribution is -0.123. The average molecular weight is 524 g/mol. The number of nitrogens with zero attached hydrogens (tertiary/aromatic N) is 2. The second-order valence-corrected chi connectivity index (χ2v) is 11.1.